The average Bonchev–Trinajstić information content (AvgIpc) is 2.28. The van der Waals surface area contributed by atoms with E-state index < -0.39 is 17.5 Å². The first-order valence-corrected chi connectivity index (χ1v) is 5.69. The zero-order valence-corrected chi connectivity index (χ0v) is 11.2. The van der Waals surface area contributed by atoms with E-state index in [0.717, 1.165) is 0 Å². The third-order valence-electron chi connectivity index (χ3n) is 2.01. The minimum absolute atomic E-state index is 0.178. The molecule has 2 N–H and O–H groups in total. The summed E-state index contributed by atoms with van der Waals surface area (Å²) in [7, 11) is 0. The summed E-state index contributed by atoms with van der Waals surface area (Å²) >= 11 is 0. The number of rotatable bonds is 3. The Morgan fingerprint density at radius 1 is 1.16 bits per heavy atom. The third kappa shape index (κ3) is 4.46. The third-order valence-corrected chi connectivity index (χ3v) is 2.01. The Balaban J connectivity index is 2.71. The lowest BCUT2D eigenvalue weighted by molar-refractivity contribution is -0.152. The Morgan fingerprint density at radius 3 is 2.26 bits per heavy atom. The van der Waals surface area contributed by atoms with Crippen LogP contribution in [0.2, 0.25) is 0 Å². The fourth-order valence-corrected chi connectivity index (χ4v) is 1.16. The normalized spacial score (nSPS) is 10.7. The van der Waals surface area contributed by atoms with E-state index in [-0.39, 0.29) is 11.3 Å². The van der Waals surface area contributed by atoms with Crippen LogP contribution in [0.15, 0.2) is 36.4 Å². The number of benzene rings is 1. The van der Waals surface area contributed by atoms with Crippen molar-refractivity contribution in [3.8, 4) is 5.75 Å². The Hall–Kier alpha value is -2.30. The van der Waals surface area contributed by atoms with E-state index in [9.17, 15) is 9.59 Å². The minimum atomic E-state index is -0.882. The van der Waals surface area contributed by atoms with Crippen molar-refractivity contribution in [2.24, 2.45) is 0 Å². The molecule has 5 nitrogen and oxygen atoms in total. The second kappa shape index (κ2) is 5.56. The van der Waals surface area contributed by atoms with Gasteiger partial charge in [-0.3, -0.25) is 0 Å². The largest absolute Gasteiger partial charge is 0.456 e. The van der Waals surface area contributed by atoms with Crippen molar-refractivity contribution in [1.29, 1.82) is 0 Å². The lowest BCUT2D eigenvalue weighted by Gasteiger charge is -2.19. The second-order valence-electron chi connectivity index (χ2n) is 4.91. The number of nitrogen functional groups attached to an aromatic ring is 1. The van der Waals surface area contributed by atoms with Crippen LogP contribution < -0.4 is 10.5 Å². The van der Waals surface area contributed by atoms with Crippen LogP contribution in [0.25, 0.3) is 0 Å². The molecule has 1 aromatic carbocycles. The second-order valence-corrected chi connectivity index (χ2v) is 4.91. The van der Waals surface area contributed by atoms with Crippen LogP contribution in [0.4, 0.5) is 5.69 Å². The van der Waals surface area contributed by atoms with Crippen molar-refractivity contribution in [1.82, 2.24) is 0 Å². The van der Waals surface area contributed by atoms with Gasteiger partial charge in [-0.25, -0.2) is 9.59 Å². The van der Waals surface area contributed by atoms with Gasteiger partial charge in [-0.05, 0) is 32.9 Å². The van der Waals surface area contributed by atoms with Gasteiger partial charge in [-0.1, -0.05) is 18.7 Å². The SMILES string of the molecule is C=C(C(=O)Oc1ccccc1N)C(=O)OC(C)(C)C. The highest BCUT2D eigenvalue weighted by atomic mass is 16.6. The summed E-state index contributed by atoms with van der Waals surface area (Å²) in [5, 5.41) is 0. The van der Waals surface area contributed by atoms with Crippen LogP contribution in [-0.2, 0) is 14.3 Å². The number of carbonyl (C=O) groups excluding carboxylic acids is 2. The van der Waals surface area contributed by atoms with Crippen molar-refractivity contribution < 1.29 is 19.1 Å². The van der Waals surface area contributed by atoms with Gasteiger partial charge in [0.1, 0.15) is 11.2 Å². The van der Waals surface area contributed by atoms with Gasteiger partial charge < -0.3 is 15.2 Å². The van der Waals surface area contributed by atoms with Gasteiger partial charge in [-0.2, -0.15) is 0 Å². The first kappa shape index (κ1) is 14.8. The molecule has 0 aromatic heterocycles. The molecule has 0 saturated carbocycles. The highest BCUT2D eigenvalue weighted by Gasteiger charge is 2.24. The molecule has 1 rings (SSSR count). The van der Waals surface area contributed by atoms with Crippen molar-refractivity contribution in [3.63, 3.8) is 0 Å². The molecule has 0 heterocycles. The molecule has 1 aromatic rings. The fraction of sp³-hybridized carbons (Fsp3) is 0.286. The molecular weight excluding hydrogens is 246 g/mol. The first-order valence-electron chi connectivity index (χ1n) is 5.69. The van der Waals surface area contributed by atoms with Crippen molar-refractivity contribution in [3.05, 3.63) is 36.4 Å². The summed E-state index contributed by atoms with van der Waals surface area (Å²) in [6.45, 7) is 8.45. The van der Waals surface area contributed by atoms with E-state index >= 15 is 0 Å². The zero-order chi connectivity index (χ0) is 14.6. The number of nitrogens with two attached hydrogens (primary N) is 1. The van der Waals surface area contributed by atoms with Crippen molar-refractivity contribution in [2.45, 2.75) is 26.4 Å². The number of carbonyl (C=O) groups is 2. The molecule has 0 fully saturated rings. The molecule has 0 radical (unpaired) electrons. The van der Waals surface area contributed by atoms with Gasteiger partial charge in [0.2, 0.25) is 0 Å². The summed E-state index contributed by atoms with van der Waals surface area (Å²) < 4.78 is 10.00. The average molecular weight is 263 g/mol. The van der Waals surface area contributed by atoms with E-state index in [4.69, 9.17) is 15.2 Å². The van der Waals surface area contributed by atoms with Crippen LogP contribution in [-0.4, -0.2) is 17.5 Å². The molecule has 0 aliphatic rings. The Morgan fingerprint density at radius 2 is 1.74 bits per heavy atom. The zero-order valence-electron chi connectivity index (χ0n) is 11.2. The number of hydrogen-bond donors (Lipinski definition) is 1. The summed E-state index contributed by atoms with van der Waals surface area (Å²) in [6, 6.07) is 6.47. The van der Waals surface area contributed by atoms with Crippen LogP contribution in [0, 0.1) is 0 Å². The molecule has 0 aliphatic carbocycles. The highest BCUT2D eigenvalue weighted by molar-refractivity contribution is 6.14. The number of ether oxygens (including phenoxy) is 2. The minimum Gasteiger partial charge on any atom is -0.456 e. The monoisotopic (exact) mass is 263 g/mol. The highest BCUT2D eigenvalue weighted by Crippen LogP contribution is 2.21. The van der Waals surface area contributed by atoms with E-state index in [0.29, 0.717) is 5.69 Å². The van der Waals surface area contributed by atoms with Crippen LogP contribution >= 0.6 is 0 Å². The number of para-hydroxylation sites is 2. The molecular formula is C14H17NO4. The van der Waals surface area contributed by atoms with Gasteiger partial charge >= 0.3 is 11.9 Å². The van der Waals surface area contributed by atoms with Gasteiger partial charge in [0.25, 0.3) is 0 Å². The molecule has 0 atom stereocenters. The lowest BCUT2D eigenvalue weighted by atomic mass is 10.2. The number of anilines is 1. The van der Waals surface area contributed by atoms with Crippen molar-refractivity contribution in [2.75, 3.05) is 5.73 Å². The maximum Gasteiger partial charge on any atom is 0.350 e. The van der Waals surface area contributed by atoms with E-state index in [1.165, 1.54) is 6.07 Å². The summed E-state index contributed by atoms with van der Waals surface area (Å²) in [4.78, 5) is 23.3. The van der Waals surface area contributed by atoms with Gasteiger partial charge in [0.05, 0.1) is 5.69 Å². The smallest absolute Gasteiger partial charge is 0.350 e. The Bertz CT molecular complexity index is 514. The Kier molecular flexibility index (Phi) is 4.32. The maximum atomic E-state index is 11.7. The van der Waals surface area contributed by atoms with E-state index in [1.54, 1.807) is 39.0 Å². The quantitative estimate of drug-likeness (QED) is 0.225. The molecule has 0 unspecified atom stereocenters. The van der Waals surface area contributed by atoms with Crippen LogP contribution in [0.5, 0.6) is 5.75 Å². The summed E-state index contributed by atoms with van der Waals surface area (Å²) in [5.41, 5.74) is 4.84. The molecule has 0 saturated heterocycles. The first-order chi connectivity index (χ1) is 8.70. The molecule has 0 aliphatic heterocycles. The van der Waals surface area contributed by atoms with Gasteiger partial charge in [0.15, 0.2) is 5.75 Å². The van der Waals surface area contributed by atoms with E-state index in [1.807, 2.05) is 0 Å². The molecule has 102 valence electrons. The predicted molar refractivity (Wildman–Crippen MR) is 71.5 cm³/mol. The van der Waals surface area contributed by atoms with Crippen LogP contribution in [0.3, 0.4) is 0 Å². The van der Waals surface area contributed by atoms with Gasteiger partial charge in [-0.15, -0.1) is 0 Å². The molecule has 5 heteroatoms. The lowest BCUT2D eigenvalue weighted by Crippen LogP contribution is -2.28. The topological polar surface area (TPSA) is 78.6 Å². The molecule has 19 heavy (non-hydrogen) atoms. The summed E-state index contributed by atoms with van der Waals surface area (Å²) in [6.07, 6.45) is 0. The molecule has 0 amide bonds. The fourth-order valence-electron chi connectivity index (χ4n) is 1.16. The molecule has 0 spiro atoms. The summed E-state index contributed by atoms with van der Waals surface area (Å²) in [5.74, 6) is -1.52. The number of esters is 2. The predicted octanol–water partition coefficient (Wildman–Crippen LogP) is 2.07. The van der Waals surface area contributed by atoms with Crippen LogP contribution in [0.1, 0.15) is 20.8 Å². The maximum absolute atomic E-state index is 11.7. The molecule has 0 bridgehead atoms. The van der Waals surface area contributed by atoms with Crippen molar-refractivity contribution >= 4 is 17.6 Å². The Labute approximate surface area is 112 Å². The van der Waals surface area contributed by atoms with Gasteiger partial charge in [0, 0.05) is 0 Å². The van der Waals surface area contributed by atoms with E-state index in [2.05, 4.69) is 6.58 Å². The standard InChI is InChI=1S/C14H17NO4/c1-9(13(17)19-14(2,3)4)12(16)18-11-8-6-5-7-10(11)15/h5-8H,1,15H2,2-4H3. The number of hydrogen-bond acceptors (Lipinski definition) is 5.